The lowest BCUT2D eigenvalue weighted by atomic mass is 10.2. The van der Waals surface area contributed by atoms with Crippen LogP contribution in [0.15, 0.2) is 30.5 Å². The predicted molar refractivity (Wildman–Crippen MR) is 76.4 cm³/mol. The molecule has 5 heteroatoms. The number of pyridine rings is 1. The number of esters is 1. The van der Waals surface area contributed by atoms with Crippen LogP contribution >= 0.6 is 11.8 Å². The van der Waals surface area contributed by atoms with Crippen LogP contribution in [0.4, 0.5) is 0 Å². The maximum Gasteiger partial charge on any atom is 0.357 e. The van der Waals surface area contributed by atoms with Gasteiger partial charge in [0.15, 0.2) is 0 Å². The van der Waals surface area contributed by atoms with Gasteiger partial charge in [-0.1, -0.05) is 0 Å². The Bertz CT molecular complexity index is 600. The monoisotopic (exact) mass is 277 g/mol. The molecule has 1 atom stereocenters. The van der Waals surface area contributed by atoms with Crippen molar-refractivity contribution < 1.29 is 14.3 Å². The molecule has 2 aromatic rings. The highest BCUT2D eigenvalue weighted by atomic mass is 32.2. The van der Waals surface area contributed by atoms with E-state index in [1.807, 2.05) is 31.3 Å². The Morgan fingerprint density at radius 2 is 2.16 bits per heavy atom. The first-order valence-electron chi connectivity index (χ1n) is 5.77. The van der Waals surface area contributed by atoms with Gasteiger partial charge in [-0.2, -0.15) is 0 Å². The molecule has 1 aromatic heterocycles. The van der Waals surface area contributed by atoms with Crippen LogP contribution in [0.5, 0.6) is 5.75 Å². The minimum absolute atomic E-state index is 0.394. The normalized spacial score (nSPS) is 12.2. The molecule has 0 bridgehead atoms. The summed E-state index contributed by atoms with van der Waals surface area (Å²) >= 11 is 1.29. The maximum atomic E-state index is 11.5. The molecule has 2 rings (SSSR count). The Hall–Kier alpha value is -1.75. The molecule has 1 aromatic carbocycles. The number of fused-ring (bicyclic) bond motifs is 1. The van der Waals surface area contributed by atoms with Crippen LogP contribution in [0.2, 0.25) is 0 Å². The van der Waals surface area contributed by atoms with Crippen molar-refractivity contribution in [1.82, 2.24) is 4.98 Å². The summed E-state index contributed by atoms with van der Waals surface area (Å²) in [5.74, 6) is 0.236. The zero-order valence-corrected chi connectivity index (χ0v) is 11.9. The van der Waals surface area contributed by atoms with Gasteiger partial charge in [0.05, 0.1) is 12.6 Å². The molecule has 100 valence electrons. The Balaban J connectivity index is 2.27. The molecule has 0 radical (unpaired) electrons. The van der Waals surface area contributed by atoms with Gasteiger partial charge < -0.3 is 9.47 Å². The number of aromatic nitrogens is 1. The van der Waals surface area contributed by atoms with Gasteiger partial charge in [-0.15, -0.1) is 11.8 Å². The lowest BCUT2D eigenvalue weighted by Crippen LogP contribution is -2.24. The van der Waals surface area contributed by atoms with Gasteiger partial charge in [0.1, 0.15) is 5.75 Å². The second-order valence-electron chi connectivity index (χ2n) is 4.08. The fourth-order valence-corrected chi connectivity index (χ4v) is 2.20. The molecule has 1 heterocycles. The van der Waals surface area contributed by atoms with E-state index < -0.39 is 11.4 Å². The second-order valence-corrected chi connectivity index (χ2v) is 4.98. The van der Waals surface area contributed by atoms with Gasteiger partial charge in [0, 0.05) is 11.6 Å². The summed E-state index contributed by atoms with van der Waals surface area (Å²) in [5, 5.41) is 0.988. The molecule has 0 aliphatic carbocycles. The number of nitrogens with zero attached hydrogens (tertiary/aromatic N) is 1. The van der Waals surface area contributed by atoms with Gasteiger partial charge in [-0.3, -0.25) is 4.98 Å². The highest BCUT2D eigenvalue weighted by Gasteiger charge is 2.19. The van der Waals surface area contributed by atoms with E-state index in [0.29, 0.717) is 5.75 Å². The van der Waals surface area contributed by atoms with Crippen molar-refractivity contribution in [3.8, 4) is 5.75 Å². The highest BCUT2D eigenvalue weighted by molar-refractivity contribution is 7.99. The first kappa shape index (κ1) is 13.7. The number of carbonyl (C=O) groups excluding carboxylic acids is 1. The van der Waals surface area contributed by atoms with Crippen molar-refractivity contribution in [2.45, 2.75) is 12.4 Å². The van der Waals surface area contributed by atoms with E-state index in [4.69, 9.17) is 4.74 Å². The van der Waals surface area contributed by atoms with Gasteiger partial charge >= 0.3 is 5.97 Å². The molecule has 0 saturated carbocycles. The molecule has 0 amide bonds. The van der Waals surface area contributed by atoms with Gasteiger partial charge in [0.2, 0.25) is 5.44 Å². The smallest absolute Gasteiger partial charge is 0.357 e. The number of hydrogen-bond acceptors (Lipinski definition) is 5. The van der Waals surface area contributed by atoms with Crippen LogP contribution < -0.4 is 4.74 Å². The average molecular weight is 277 g/mol. The highest BCUT2D eigenvalue weighted by Crippen LogP contribution is 2.23. The molecule has 1 unspecified atom stereocenters. The summed E-state index contributed by atoms with van der Waals surface area (Å²) in [7, 11) is 1.35. The minimum Gasteiger partial charge on any atom is -0.468 e. The van der Waals surface area contributed by atoms with Crippen LogP contribution in [-0.2, 0) is 9.53 Å². The van der Waals surface area contributed by atoms with Gasteiger partial charge in [-0.25, -0.2) is 4.79 Å². The van der Waals surface area contributed by atoms with Gasteiger partial charge in [-0.05, 0) is 43.0 Å². The third-order valence-electron chi connectivity index (χ3n) is 2.64. The third-order valence-corrected chi connectivity index (χ3v) is 3.36. The number of thioether (sulfide) groups is 1. The van der Waals surface area contributed by atoms with E-state index in [0.717, 1.165) is 16.5 Å². The van der Waals surface area contributed by atoms with Crippen LogP contribution in [-0.4, -0.2) is 29.8 Å². The Morgan fingerprint density at radius 3 is 2.84 bits per heavy atom. The fourth-order valence-electron chi connectivity index (χ4n) is 1.71. The summed E-state index contributed by atoms with van der Waals surface area (Å²) in [6.07, 6.45) is 3.62. The molecule has 0 saturated heterocycles. The summed E-state index contributed by atoms with van der Waals surface area (Å²) in [6, 6.07) is 7.58. The number of ether oxygens (including phenoxy) is 2. The fraction of sp³-hybridized carbons (Fsp3) is 0.286. The Morgan fingerprint density at radius 1 is 1.37 bits per heavy atom. The topological polar surface area (TPSA) is 48.4 Å². The number of rotatable bonds is 4. The number of hydrogen-bond donors (Lipinski definition) is 0. The number of aryl methyl sites for hydroxylation is 1. The molecular formula is C14H15NO3S. The SMILES string of the molecule is COC(=O)C(Oc1ccc2ncc(C)cc2c1)SC. The van der Waals surface area contributed by atoms with Crippen LogP contribution in [0.3, 0.4) is 0 Å². The van der Waals surface area contributed by atoms with Crippen molar-refractivity contribution in [2.75, 3.05) is 13.4 Å². The van der Waals surface area contributed by atoms with E-state index in [1.165, 1.54) is 18.9 Å². The largest absolute Gasteiger partial charge is 0.468 e. The molecule has 19 heavy (non-hydrogen) atoms. The van der Waals surface area contributed by atoms with Crippen molar-refractivity contribution in [3.05, 3.63) is 36.0 Å². The van der Waals surface area contributed by atoms with Crippen LogP contribution in [0, 0.1) is 6.92 Å². The van der Waals surface area contributed by atoms with E-state index in [1.54, 1.807) is 12.3 Å². The number of carbonyl (C=O) groups is 1. The molecular weight excluding hydrogens is 262 g/mol. The summed E-state index contributed by atoms with van der Waals surface area (Å²) < 4.78 is 10.3. The second kappa shape index (κ2) is 5.93. The lowest BCUT2D eigenvalue weighted by Gasteiger charge is -2.14. The van der Waals surface area contributed by atoms with Crippen molar-refractivity contribution in [1.29, 1.82) is 0 Å². The standard InChI is InChI=1S/C14H15NO3S/c1-9-6-10-7-11(4-5-12(10)15-8-9)18-14(19-3)13(16)17-2/h4-8,14H,1-3H3. The summed E-state index contributed by atoms with van der Waals surface area (Å²) in [4.78, 5) is 15.8. The van der Waals surface area contributed by atoms with Crippen LogP contribution in [0.1, 0.15) is 5.56 Å². The molecule has 0 aliphatic rings. The zero-order chi connectivity index (χ0) is 13.8. The molecule has 0 fully saturated rings. The van der Waals surface area contributed by atoms with Crippen LogP contribution in [0.25, 0.3) is 10.9 Å². The maximum absolute atomic E-state index is 11.5. The van der Waals surface area contributed by atoms with E-state index in [-0.39, 0.29) is 0 Å². The first-order valence-corrected chi connectivity index (χ1v) is 7.06. The van der Waals surface area contributed by atoms with E-state index >= 15 is 0 Å². The van der Waals surface area contributed by atoms with Gasteiger partial charge in [0.25, 0.3) is 0 Å². The molecule has 4 nitrogen and oxygen atoms in total. The minimum atomic E-state index is -0.653. The predicted octanol–water partition coefficient (Wildman–Crippen LogP) is 2.78. The third kappa shape index (κ3) is 3.17. The zero-order valence-electron chi connectivity index (χ0n) is 11.0. The van der Waals surface area contributed by atoms with Crippen molar-refractivity contribution in [2.24, 2.45) is 0 Å². The summed E-state index contributed by atoms with van der Waals surface area (Å²) in [6.45, 7) is 1.99. The Kier molecular flexibility index (Phi) is 4.27. The molecule has 0 N–H and O–H groups in total. The average Bonchev–Trinajstić information content (AvgIpc) is 2.43. The van der Waals surface area contributed by atoms with E-state index in [2.05, 4.69) is 9.72 Å². The number of benzene rings is 1. The molecule has 0 aliphatic heterocycles. The number of methoxy groups -OCH3 is 1. The quantitative estimate of drug-likeness (QED) is 0.635. The Labute approximate surface area is 116 Å². The summed E-state index contributed by atoms with van der Waals surface area (Å²) in [5.41, 5.74) is 1.33. The molecule has 0 spiro atoms. The van der Waals surface area contributed by atoms with Crippen molar-refractivity contribution in [3.63, 3.8) is 0 Å². The van der Waals surface area contributed by atoms with E-state index in [9.17, 15) is 4.79 Å². The first-order chi connectivity index (χ1) is 9.13. The lowest BCUT2D eigenvalue weighted by molar-refractivity contribution is -0.144. The van der Waals surface area contributed by atoms with Crippen molar-refractivity contribution >= 4 is 28.6 Å².